The second-order valence-corrected chi connectivity index (χ2v) is 5.53. The SMILES string of the molecule is C[C@H]1C[C@@H]2CCN(C(=O)c3ccc(F)cc3)C[C@H]2O1. The molecule has 1 aromatic rings. The summed E-state index contributed by atoms with van der Waals surface area (Å²) < 4.78 is 18.7. The predicted octanol–water partition coefficient (Wildman–Crippen LogP) is 2.47. The Bertz CT molecular complexity index is 474. The molecule has 0 unspecified atom stereocenters. The fourth-order valence-electron chi connectivity index (χ4n) is 3.13. The maximum Gasteiger partial charge on any atom is 0.253 e. The predicted molar refractivity (Wildman–Crippen MR) is 69.4 cm³/mol. The van der Waals surface area contributed by atoms with Gasteiger partial charge in [-0.25, -0.2) is 4.39 Å². The maximum absolute atomic E-state index is 12.9. The summed E-state index contributed by atoms with van der Waals surface area (Å²) in [7, 11) is 0. The first-order valence-corrected chi connectivity index (χ1v) is 6.84. The molecule has 19 heavy (non-hydrogen) atoms. The van der Waals surface area contributed by atoms with E-state index in [0.29, 0.717) is 24.1 Å². The Morgan fingerprint density at radius 1 is 1.37 bits per heavy atom. The van der Waals surface area contributed by atoms with Crippen molar-refractivity contribution >= 4 is 5.91 Å². The van der Waals surface area contributed by atoms with Crippen LogP contribution < -0.4 is 0 Å². The second kappa shape index (κ2) is 4.93. The highest BCUT2D eigenvalue weighted by Gasteiger charge is 2.38. The summed E-state index contributed by atoms with van der Waals surface area (Å²) >= 11 is 0. The zero-order valence-corrected chi connectivity index (χ0v) is 11.0. The molecule has 0 spiro atoms. The van der Waals surface area contributed by atoms with Gasteiger partial charge >= 0.3 is 0 Å². The van der Waals surface area contributed by atoms with E-state index in [1.807, 2.05) is 4.90 Å². The molecule has 4 heteroatoms. The zero-order chi connectivity index (χ0) is 13.4. The van der Waals surface area contributed by atoms with Crippen molar-refractivity contribution in [3.8, 4) is 0 Å². The Kier molecular flexibility index (Phi) is 3.27. The summed E-state index contributed by atoms with van der Waals surface area (Å²) in [6, 6.07) is 5.74. The van der Waals surface area contributed by atoms with E-state index >= 15 is 0 Å². The van der Waals surface area contributed by atoms with Gasteiger partial charge in [0.1, 0.15) is 5.82 Å². The van der Waals surface area contributed by atoms with Gasteiger partial charge in [0.2, 0.25) is 0 Å². The van der Waals surface area contributed by atoms with Crippen molar-refractivity contribution in [3.05, 3.63) is 35.6 Å². The summed E-state index contributed by atoms with van der Waals surface area (Å²) in [4.78, 5) is 14.2. The molecule has 2 heterocycles. The first-order valence-electron chi connectivity index (χ1n) is 6.84. The van der Waals surface area contributed by atoms with Crippen molar-refractivity contribution < 1.29 is 13.9 Å². The lowest BCUT2D eigenvalue weighted by atomic mass is 9.92. The number of amides is 1. The van der Waals surface area contributed by atoms with E-state index in [4.69, 9.17) is 4.74 Å². The minimum absolute atomic E-state index is 0.0263. The highest BCUT2D eigenvalue weighted by molar-refractivity contribution is 5.94. The molecule has 0 aliphatic carbocycles. The van der Waals surface area contributed by atoms with Crippen molar-refractivity contribution in [2.24, 2.45) is 5.92 Å². The average Bonchev–Trinajstić information content (AvgIpc) is 2.77. The lowest BCUT2D eigenvalue weighted by Crippen LogP contribution is -2.45. The van der Waals surface area contributed by atoms with E-state index in [9.17, 15) is 9.18 Å². The van der Waals surface area contributed by atoms with Crippen LogP contribution in [0.5, 0.6) is 0 Å². The van der Waals surface area contributed by atoms with Gasteiger partial charge in [-0.2, -0.15) is 0 Å². The molecular weight excluding hydrogens is 245 g/mol. The fraction of sp³-hybridized carbons (Fsp3) is 0.533. The van der Waals surface area contributed by atoms with E-state index in [2.05, 4.69) is 6.92 Å². The lowest BCUT2D eigenvalue weighted by molar-refractivity contribution is 0.00156. The van der Waals surface area contributed by atoms with Crippen LogP contribution in [-0.2, 0) is 4.74 Å². The Hall–Kier alpha value is -1.42. The van der Waals surface area contributed by atoms with Gasteiger partial charge < -0.3 is 9.64 Å². The van der Waals surface area contributed by atoms with Crippen molar-refractivity contribution in [3.63, 3.8) is 0 Å². The Morgan fingerprint density at radius 2 is 2.11 bits per heavy atom. The van der Waals surface area contributed by atoms with Crippen LogP contribution in [0.2, 0.25) is 0 Å². The Balaban J connectivity index is 1.70. The largest absolute Gasteiger partial charge is 0.373 e. The van der Waals surface area contributed by atoms with Crippen LogP contribution >= 0.6 is 0 Å². The van der Waals surface area contributed by atoms with Crippen LogP contribution in [0, 0.1) is 11.7 Å². The smallest absolute Gasteiger partial charge is 0.253 e. The highest BCUT2D eigenvalue weighted by Crippen LogP contribution is 2.33. The van der Waals surface area contributed by atoms with E-state index < -0.39 is 0 Å². The molecule has 2 aliphatic heterocycles. The normalized spacial score (nSPS) is 30.2. The molecule has 3 rings (SSSR count). The number of benzene rings is 1. The standard InChI is InChI=1S/C15H18FNO2/c1-10-8-12-6-7-17(9-14(12)19-10)15(18)11-2-4-13(16)5-3-11/h2-5,10,12,14H,6-9H2,1H3/t10-,12-,14+/m0/s1. The second-order valence-electron chi connectivity index (χ2n) is 5.53. The van der Waals surface area contributed by atoms with E-state index in [-0.39, 0.29) is 17.8 Å². The van der Waals surface area contributed by atoms with Crippen molar-refractivity contribution in [2.75, 3.05) is 13.1 Å². The van der Waals surface area contributed by atoms with Crippen LogP contribution in [0.25, 0.3) is 0 Å². The van der Waals surface area contributed by atoms with Crippen LogP contribution in [0.3, 0.4) is 0 Å². The van der Waals surface area contributed by atoms with Gasteiger partial charge in [0.25, 0.3) is 5.91 Å². The van der Waals surface area contributed by atoms with Gasteiger partial charge in [-0.1, -0.05) is 0 Å². The fourth-order valence-corrected chi connectivity index (χ4v) is 3.13. The molecule has 1 amide bonds. The molecule has 3 atom stereocenters. The molecule has 0 bridgehead atoms. The first-order chi connectivity index (χ1) is 9.13. The molecule has 0 radical (unpaired) electrons. The number of likely N-dealkylation sites (tertiary alicyclic amines) is 1. The number of carbonyl (C=O) groups is 1. The molecule has 102 valence electrons. The number of fused-ring (bicyclic) bond motifs is 1. The lowest BCUT2D eigenvalue weighted by Gasteiger charge is -2.34. The number of rotatable bonds is 1. The number of hydrogen-bond acceptors (Lipinski definition) is 2. The third-order valence-corrected chi connectivity index (χ3v) is 4.12. The van der Waals surface area contributed by atoms with Gasteiger partial charge in [0, 0.05) is 18.7 Å². The maximum atomic E-state index is 12.9. The van der Waals surface area contributed by atoms with Crippen LogP contribution in [0.4, 0.5) is 4.39 Å². The van der Waals surface area contributed by atoms with Crippen LogP contribution in [0.15, 0.2) is 24.3 Å². The molecule has 0 aromatic heterocycles. The number of piperidine rings is 1. The summed E-state index contributed by atoms with van der Waals surface area (Å²) in [5.41, 5.74) is 0.547. The van der Waals surface area contributed by atoms with Crippen molar-refractivity contribution in [1.82, 2.24) is 4.90 Å². The summed E-state index contributed by atoms with van der Waals surface area (Å²) in [5, 5.41) is 0. The minimum atomic E-state index is -0.316. The summed E-state index contributed by atoms with van der Waals surface area (Å²) in [6.07, 6.45) is 2.58. The molecule has 1 aromatic carbocycles. The molecule has 3 nitrogen and oxygen atoms in total. The van der Waals surface area contributed by atoms with Gasteiger partial charge in [0.05, 0.1) is 12.2 Å². The quantitative estimate of drug-likeness (QED) is 0.779. The number of halogens is 1. The zero-order valence-electron chi connectivity index (χ0n) is 11.0. The van der Waals surface area contributed by atoms with Gasteiger partial charge in [-0.05, 0) is 49.9 Å². The van der Waals surface area contributed by atoms with Crippen LogP contribution in [0.1, 0.15) is 30.1 Å². The Morgan fingerprint density at radius 3 is 2.84 bits per heavy atom. The summed E-state index contributed by atoms with van der Waals surface area (Å²) in [6.45, 7) is 3.52. The molecule has 0 N–H and O–H groups in total. The van der Waals surface area contributed by atoms with Crippen LogP contribution in [-0.4, -0.2) is 36.1 Å². The van der Waals surface area contributed by atoms with Crippen molar-refractivity contribution in [1.29, 1.82) is 0 Å². The topological polar surface area (TPSA) is 29.5 Å². The van der Waals surface area contributed by atoms with E-state index in [1.165, 1.54) is 12.1 Å². The number of hydrogen-bond donors (Lipinski definition) is 0. The van der Waals surface area contributed by atoms with Crippen molar-refractivity contribution in [2.45, 2.75) is 32.0 Å². The molecule has 2 saturated heterocycles. The molecular formula is C15H18FNO2. The minimum Gasteiger partial charge on any atom is -0.373 e. The number of carbonyl (C=O) groups excluding carboxylic acids is 1. The highest BCUT2D eigenvalue weighted by atomic mass is 19.1. The van der Waals surface area contributed by atoms with E-state index in [1.54, 1.807) is 12.1 Å². The average molecular weight is 263 g/mol. The number of ether oxygens (including phenoxy) is 1. The van der Waals surface area contributed by atoms with Gasteiger partial charge in [0.15, 0.2) is 0 Å². The molecule has 2 fully saturated rings. The third kappa shape index (κ3) is 2.50. The third-order valence-electron chi connectivity index (χ3n) is 4.12. The summed E-state index contributed by atoms with van der Waals surface area (Å²) in [5.74, 6) is 0.247. The molecule has 0 saturated carbocycles. The molecule has 2 aliphatic rings. The van der Waals surface area contributed by atoms with Gasteiger partial charge in [-0.15, -0.1) is 0 Å². The Labute approximate surface area is 112 Å². The first kappa shape index (κ1) is 12.6. The van der Waals surface area contributed by atoms with E-state index in [0.717, 1.165) is 19.4 Å². The monoisotopic (exact) mass is 263 g/mol. The number of nitrogens with zero attached hydrogens (tertiary/aromatic N) is 1. The van der Waals surface area contributed by atoms with Gasteiger partial charge in [-0.3, -0.25) is 4.79 Å².